The summed E-state index contributed by atoms with van der Waals surface area (Å²) in [6.07, 6.45) is 1.62. The summed E-state index contributed by atoms with van der Waals surface area (Å²) in [6.45, 7) is 3.94. The molecule has 1 aromatic rings. The van der Waals surface area contributed by atoms with Crippen LogP contribution in [0.25, 0.3) is 0 Å². The number of aromatic nitrogens is 1. The maximum absolute atomic E-state index is 10.9. The van der Waals surface area contributed by atoms with Crippen molar-refractivity contribution < 1.29 is 4.79 Å². The highest BCUT2D eigenvalue weighted by Crippen LogP contribution is 2.11. The molecule has 0 saturated carbocycles. The molecule has 1 aromatic heterocycles. The zero-order valence-corrected chi connectivity index (χ0v) is 7.74. The van der Waals surface area contributed by atoms with Crippen molar-refractivity contribution in [3.8, 4) is 0 Å². The summed E-state index contributed by atoms with van der Waals surface area (Å²) in [6, 6.07) is 3.57. The highest BCUT2D eigenvalue weighted by atomic mass is 16.1. The highest BCUT2D eigenvalue weighted by Gasteiger charge is 2.08. The number of carbonyl (C=O) groups is 1. The van der Waals surface area contributed by atoms with E-state index in [0.29, 0.717) is 11.4 Å². The second-order valence-corrected chi connectivity index (χ2v) is 3.06. The Morgan fingerprint density at radius 3 is 2.85 bits per heavy atom. The molecule has 4 heteroatoms. The molecule has 70 valence electrons. The van der Waals surface area contributed by atoms with Crippen molar-refractivity contribution in [3.63, 3.8) is 0 Å². The molecule has 0 bridgehead atoms. The van der Waals surface area contributed by atoms with Crippen LogP contribution in [0.2, 0.25) is 0 Å². The topological polar surface area (TPSA) is 68.0 Å². The fourth-order valence-corrected chi connectivity index (χ4v) is 0.993. The van der Waals surface area contributed by atoms with Gasteiger partial charge < -0.3 is 11.1 Å². The largest absolute Gasteiger partial charge is 0.367 e. The van der Waals surface area contributed by atoms with E-state index in [-0.39, 0.29) is 6.04 Å². The number of carbonyl (C=O) groups excluding carboxylic acids is 1. The van der Waals surface area contributed by atoms with Gasteiger partial charge >= 0.3 is 0 Å². The van der Waals surface area contributed by atoms with Gasteiger partial charge in [-0.15, -0.1) is 0 Å². The first-order chi connectivity index (χ1) is 6.11. The molecule has 0 saturated heterocycles. The van der Waals surface area contributed by atoms with Gasteiger partial charge in [0.15, 0.2) is 0 Å². The molecular weight excluding hydrogens is 166 g/mol. The van der Waals surface area contributed by atoms with Crippen LogP contribution in [0.15, 0.2) is 18.3 Å². The van der Waals surface area contributed by atoms with Crippen LogP contribution in [0.3, 0.4) is 0 Å². The molecular formula is C9H13N3O. The highest BCUT2D eigenvalue weighted by molar-refractivity contribution is 5.97. The number of nitrogens with two attached hydrogens (primary N) is 1. The van der Waals surface area contributed by atoms with Crippen molar-refractivity contribution in [2.75, 3.05) is 5.32 Å². The van der Waals surface area contributed by atoms with Gasteiger partial charge in [0.05, 0.1) is 5.56 Å². The molecule has 0 unspecified atom stereocenters. The van der Waals surface area contributed by atoms with E-state index in [4.69, 9.17) is 5.73 Å². The molecule has 1 rings (SSSR count). The van der Waals surface area contributed by atoms with E-state index in [2.05, 4.69) is 10.3 Å². The number of anilines is 1. The minimum atomic E-state index is -0.462. The third kappa shape index (κ3) is 2.43. The molecule has 0 aromatic carbocycles. The van der Waals surface area contributed by atoms with Gasteiger partial charge in [-0.2, -0.15) is 0 Å². The fourth-order valence-electron chi connectivity index (χ4n) is 0.993. The molecule has 1 amide bonds. The molecule has 4 nitrogen and oxygen atoms in total. The van der Waals surface area contributed by atoms with Gasteiger partial charge in [0, 0.05) is 12.2 Å². The Balaban J connectivity index is 2.98. The van der Waals surface area contributed by atoms with Gasteiger partial charge in [-0.3, -0.25) is 4.79 Å². The molecule has 0 aliphatic rings. The SMILES string of the molecule is CC(C)Nc1ncccc1C(N)=O. The van der Waals surface area contributed by atoms with E-state index < -0.39 is 5.91 Å². The Morgan fingerprint density at radius 1 is 1.62 bits per heavy atom. The number of amides is 1. The van der Waals surface area contributed by atoms with Crippen molar-refractivity contribution in [1.82, 2.24) is 4.98 Å². The van der Waals surface area contributed by atoms with Crippen molar-refractivity contribution in [2.24, 2.45) is 5.73 Å². The first-order valence-electron chi connectivity index (χ1n) is 4.12. The van der Waals surface area contributed by atoms with Crippen molar-refractivity contribution in [1.29, 1.82) is 0 Å². The summed E-state index contributed by atoms with van der Waals surface area (Å²) in [5, 5.41) is 3.04. The molecule has 0 aliphatic carbocycles. The standard InChI is InChI=1S/C9H13N3O/c1-6(2)12-9-7(8(10)13)4-3-5-11-9/h3-6H,1-2H3,(H2,10,13)(H,11,12). The monoisotopic (exact) mass is 179 g/mol. The van der Waals surface area contributed by atoms with E-state index >= 15 is 0 Å². The molecule has 0 spiro atoms. The average molecular weight is 179 g/mol. The average Bonchev–Trinajstić information content (AvgIpc) is 2.03. The summed E-state index contributed by atoms with van der Waals surface area (Å²) in [7, 11) is 0. The maximum Gasteiger partial charge on any atom is 0.252 e. The first kappa shape index (κ1) is 9.51. The number of primary amides is 1. The number of nitrogens with zero attached hydrogens (tertiary/aromatic N) is 1. The lowest BCUT2D eigenvalue weighted by molar-refractivity contribution is 0.100. The van der Waals surface area contributed by atoms with Crippen LogP contribution in [0.5, 0.6) is 0 Å². The lowest BCUT2D eigenvalue weighted by Gasteiger charge is -2.10. The van der Waals surface area contributed by atoms with Crippen LogP contribution in [-0.2, 0) is 0 Å². The lowest BCUT2D eigenvalue weighted by atomic mass is 10.2. The third-order valence-corrected chi connectivity index (χ3v) is 1.50. The van der Waals surface area contributed by atoms with Crippen molar-refractivity contribution >= 4 is 11.7 Å². The van der Waals surface area contributed by atoms with Gasteiger partial charge in [0.2, 0.25) is 0 Å². The van der Waals surface area contributed by atoms with Crippen LogP contribution in [0, 0.1) is 0 Å². The molecule has 13 heavy (non-hydrogen) atoms. The molecule has 0 aliphatic heterocycles. The molecule has 0 atom stereocenters. The minimum absolute atomic E-state index is 0.230. The van der Waals surface area contributed by atoms with E-state index in [0.717, 1.165) is 0 Å². The Labute approximate surface area is 77.2 Å². The molecule has 0 fully saturated rings. The lowest BCUT2D eigenvalue weighted by Crippen LogP contribution is -2.18. The van der Waals surface area contributed by atoms with Crippen LogP contribution in [-0.4, -0.2) is 16.9 Å². The zero-order valence-electron chi connectivity index (χ0n) is 7.74. The van der Waals surface area contributed by atoms with E-state index in [9.17, 15) is 4.79 Å². The summed E-state index contributed by atoms with van der Waals surface area (Å²) in [5.41, 5.74) is 5.60. The Morgan fingerprint density at radius 2 is 2.31 bits per heavy atom. The van der Waals surface area contributed by atoms with E-state index in [1.807, 2.05) is 13.8 Å². The first-order valence-corrected chi connectivity index (χ1v) is 4.12. The number of nitrogens with one attached hydrogen (secondary N) is 1. The van der Waals surface area contributed by atoms with Crippen molar-refractivity contribution in [2.45, 2.75) is 19.9 Å². The predicted molar refractivity (Wildman–Crippen MR) is 51.5 cm³/mol. The number of pyridine rings is 1. The van der Waals surface area contributed by atoms with Crippen molar-refractivity contribution in [3.05, 3.63) is 23.9 Å². The van der Waals surface area contributed by atoms with Gasteiger partial charge in [-0.25, -0.2) is 4.98 Å². The van der Waals surface area contributed by atoms with Crippen LogP contribution in [0.4, 0.5) is 5.82 Å². The van der Waals surface area contributed by atoms with Crippen LogP contribution >= 0.6 is 0 Å². The fraction of sp³-hybridized carbons (Fsp3) is 0.333. The van der Waals surface area contributed by atoms with E-state index in [1.54, 1.807) is 18.3 Å². The quantitative estimate of drug-likeness (QED) is 0.727. The summed E-state index contributed by atoms with van der Waals surface area (Å²) in [4.78, 5) is 15.0. The summed E-state index contributed by atoms with van der Waals surface area (Å²) in [5.74, 6) is 0.0845. The van der Waals surface area contributed by atoms with E-state index in [1.165, 1.54) is 0 Å². The van der Waals surface area contributed by atoms with Gasteiger partial charge in [-0.05, 0) is 26.0 Å². The van der Waals surface area contributed by atoms with Crippen LogP contribution < -0.4 is 11.1 Å². The Bertz CT molecular complexity index is 309. The molecule has 0 radical (unpaired) electrons. The van der Waals surface area contributed by atoms with Crippen LogP contribution in [0.1, 0.15) is 24.2 Å². The van der Waals surface area contributed by atoms with Gasteiger partial charge in [-0.1, -0.05) is 0 Å². The summed E-state index contributed by atoms with van der Waals surface area (Å²) >= 11 is 0. The normalized spacial score (nSPS) is 10.1. The molecule has 3 N–H and O–H groups in total. The Hall–Kier alpha value is -1.58. The second-order valence-electron chi connectivity index (χ2n) is 3.06. The molecule has 1 heterocycles. The zero-order chi connectivity index (χ0) is 9.84. The number of rotatable bonds is 3. The van der Waals surface area contributed by atoms with Gasteiger partial charge in [0.1, 0.15) is 5.82 Å². The number of hydrogen-bond acceptors (Lipinski definition) is 3. The Kier molecular flexibility index (Phi) is 2.84. The summed E-state index contributed by atoms with van der Waals surface area (Å²) < 4.78 is 0. The number of hydrogen-bond donors (Lipinski definition) is 2. The van der Waals surface area contributed by atoms with Gasteiger partial charge in [0.25, 0.3) is 5.91 Å². The second kappa shape index (κ2) is 3.89. The third-order valence-electron chi connectivity index (χ3n) is 1.50. The smallest absolute Gasteiger partial charge is 0.252 e. The predicted octanol–water partition coefficient (Wildman–Crippen LogP) is 1.00. The minimum Gasteiger partial charge on any atom is -0.367 e. The maximum atomic E-state index is 10.9.